The lowest BCUT2D eigenvalue weighted by Gasteiger charge is -2.05. The minimum Gasteiger partial charge on any atom is -0.479 e. The Labute approximate surface area is 104 Å². The fraction of sp³-hybridized carbons (Fsp3) is 0.111. The van der Waals surface area contributed by atoms with Gasteiger partial charge in [-0.3, -0.25) is 9.63 Å². The van der Waals surface area contributed by atoms with Crippen molar-refractivity contribution in [2.24, 2.45) is 0 Å². The van der Waals surface area contributed by atoms with Gasteiger partial charge in [-0.2, -0.15) is 0 Å². The largest absolute Gasteiger partial charge is 0.479 e. The quantitative estimate of drug-likeness (QED) is 0.832. The third-order valence-corrected chi connectivity index (χ3v) is 2.46. The monoisotopic (exact) mass is 307 g/mol. The molecule has 0 aliphatic rings. The molecule has 0 heterocycles. The molecule has 0 aliphatic heterocycles. The van der Waals surface area contributed by atoms with E-state index in [2.05, 4.69) is 20.8 Å². The Hall–Kier alpha value is -1.11. The minimum absolute atomic E-state index is 0.262. The first kappa shape index (κ1) is 13.0. The van der Waals surface area contributed by atoms with Gasteiger partial charge in [-0.25, -0.2) is 10.3 Å². The maximum absolute atomic E-state index is 11.5. The molecule has 7 heteroatoms. The maximum Gasteiger partial charge on any atom is 0.332 e. The summed E-state index contributed by atoms with van der Waals surface area (Å²) >= 11 is 8.87. The van der Waals surface area contributed by atoms with Crippen LogP contribution in [-0.2, 0) is 9.63 Å². The van der Waals surface area contributed by atoms with Crippen LogP contribution in [0, 0.1) is 0 Å². The Kier molecular flexibility index (Phi) is 4.72. The summed E-state index contributed by atoms with van der Waals surface area (Å²) in [6, 6.07) is 4.65. The molecule has 1 aromatic carbocycles. The van der Waals surface area contributed by atoms with Gasteiger partial charge >= 0.3 is 5.97 Å². The summed E-state index contributed by atoms with van der Waals surface area (Å²) in [5.74, 6) is -1.75. The van der Waals surface area contributed by atoms with Gasteiger partial charge in [0.15, 0.2) is 6.61 Å². The SMILES string of the molecule is O=C(O)CONC(=O)c1cc(Cl)ccc1Br. The first-order chi connectivity index (χ1) is 7.50. The van der Waals surface area contributed by atoms with Crippen molar-refractivity contribution in [2.45, 2.75) is 0 Å². The molecule has 0 spiro atoms. The van der Waals surface area contributed by atoms with Crippen molar-refractivity contribution >= 4 is 39.4 Å². The van der Waals surface area contributed by atoms with Crippen molar-refractivity contribution < 1.29 is 19.5 Å². The molecule has 0 unspecified atom stereocenters. The van der Waals surface area contributed by atoms with E-state index in [4.69, 9.17) is 16.7 Å². The highest BCUT2D eigenvalue weighted by Gasteiger charge is 2.11. The number of carboxylic acids is 1. The third kappa shape index (κ3) is 3.80. The Morgan fingerprint density at radius 1 is 1.50 bits per heavy atom. The molecule has 5 nitrogen and oxygen atoms in total. The van der Waals surface area contributed by atoms with Crippen molar-refractivity contribution in [1.82, 2.24) is 5.48 Å². The molecule has 2 N–H and O–H groups in total. The number of benzene rings is 1. The summed E-state index contributed by atoms with van der Waals surface area (Å²) in [5.41, 5.74) is 2.25. The highest BCUT2D eigenvalue weighted by molar-refractivity contribution is 9.10. The number of carboxylic acid groups (broad SMARTS) is 1. The van der Waals surface area contributed by atoms with E-state index in [1.165, 1.54) is 6.07 Å². The molecule has 0 bridgehead atoms. The Balaban J connectivity index is 2.65. The van der Waals surface area contributed by atoms with Gasteiger partial charge in [0, 0.05) is 9.50 Å². The highest BCUT2D eigenvalue weighted by Crippen LogP contribution is 2.20. The average Bonchev–Trinajstić information content (AvgIpc) is 2.21. The van der Waals surface area contributed by atoms with Crippen molar-refractivity contribution in [3.05, 3.63) is 33.3 Å². The lowest BCUT2D eigenvalue weighted by molar-refractivity contribution is -0.144. The molecule has 0 aromatic heterocycles. The van der Waals surface area contributed by atoms with E-state index in [1.807, 2.05) is 5.48 Å². The van der Waals surface area contributed by atoms with Crippen LogP contribution in [0.3, 0.4) is 0 Å². The number of carbonyl (C=O) groups excluding carboxylic acids is 1. The summed E-state index contributed by atoms with van der Waals surface area (Å²) in [4.78, 5) is 26.1. The van der Waals surface area contributed by atoms with Gasteiger partial charge in [-0.05, 0) is 34.1 Å². The van der Waals surface area contributed by atoms with E-state index < -0.39 is 18.5 Å². The van der Waals surface area contributed by atoms with Gasteiger partial charge < -0.3 is 5.11 Å². The predicted molar refractivity (Wildman–Crippen MR) is 60.2 cm³/mol. The smallest absolute Gasteiger partial charge is 0.332 e. The number of carbonyl (C=O) groups is 2. The molecule has 1 amide bonds. The number of halogens is 2. The second-order valence-corrected chi connectivity index (χ2v) is 4.03. The highest BCUT2D eigenvalue weighted by atomic mass is 79.9. The Bertz CT molecular complexity index is 424. The van der Waals surface area contributed by atoms with E-state index in [9.17, 15) is 9.59 Å². The zero-order valence-corrected chi connectivity index (χ0v) is 10.2. The lowest BCUT2D eigenvalue weighted by Crippen LogP contribution is -2.26. The van der Waals surface area contributed by atoms with E-state index in [-0.39, 0.29) is 5.56 Å². The summed E-state index contributed by atoms with van der Waals surface area (Å²) in [6.07, 6.45) is 0. The van der Waals surface area contributed by atoms with E-state index in [0.29, 0.717) is 9.50 Å². The molecule has 0 saturated carbocycles. The molecule has 0 aliphatic carbocycles. The van der Waals surface area contributed by atoms with Gasteiger partial charge in [0.2, 0.25) is 0 Å². The maximum atomic E-state index is 11.5. The molecule has 1 aromatic rings. The molecule has 0 radical (unpaired) electrons. The molecule has 1 rings (SSSR count). The summed E-state index contributed by atoms with van der Waals surface area (Å²) in [7, 11) is 0. The molecule has 86 valence electrons. The fourth-order valence-electron chi connectivity index (χ4n) is 0.890. The van der Waals surface area contributed by atoms with E-state index >= 15 is 0 Å². The molecule has 0 atom stereocenters. The molecule has 0 fully saturated rings. The van der Waals surface area contributed by atoms with Crippen LogP contribution in [0.4, 0.5) is 0 Å². The second-order valence-electron chi connectivity index (χ2n) is 2.74. The standard InChI is InChI=1S/C9H7BrClNO4/c10-7-2-1-5(11)3-6(7)9(15)12-16-4-8(13)14/h1-3H,4H2,(H,12,15)(H,13,14). The normalized spacial score (nSPS) is 9.88. The van der Waals surface area contributed by atoms with Crippen LogP contribution in [-0.4, -0.2) is 23.6 Å². The third-order valence-electron chi connectivity index (χ3n) is 1.53. The zero-order chi connectivity index (χ0) is 12.1. The van der Waals surface area contributed by atoms with Gasteiger partial charge in [0.05, 0.1) is 5.56 Å². The molecule has 16 heavy (non-hydrogen) atoms. The molecular formula is C9H7BrClNO4. The number of hydroxylamine groups is 1. The van der Waals surface area contributed by atoms with Crippen LogP contribution in [0.15, 0.2) is 22.7 Å². The van der Waals surface area contributed by atoms with E-state index in [0.717, 1.165) is 0 Å². The average molecular weight is 309 g/mol. The van der Waals surface area contributed by atoms with Gasteiger partial charge in [0.1, 0.15) is 0 Å². The summed E-state index contributed by atoms with van der Waals surface area (Å²) in [6.45, 7) is -0.607. The van der Waals surface area contributed by atoms with Gasteiger partial charge in [-0.1, -0.05) is 11.6 Å². The zero-order valence-electron chi connectivity index (χ0n) is 7.87. The number of nitrogens with one attached hydrogen (secondary N) is 1. The fourth-order valence-corrected chi connectivity index (χ4v) is 1.49. The lowest BCUT2D eigenvalue weighted by atomic mass is 10.2. The second kappa shape index (κ2) is 5.83. The van der Waals surface area contributed by atoms with Crippen molar-refractivity contribution in [2.75, 3.05) is 6.61 Å². The van der Waals surface area contributed by atoms with Crippen LogP contribution in [0.25, 0.3) is 0 Å². The van der Waals surface area contributed by atoms with E-state index in [1.54, 1.807) is 12.1 Å². The van der Waals surface area contributed by atoms with Crippen molar-refractivity contribution in [3.63, 3.8) is 0 Å². The summed E-state index contributed by atoms with van der Waals surface area (Å²) in [5, 5.41) is 8.68. The molecule has 0 saturated heterocycles. The first-order valence-electron chi connectivity index (χ1n) is 4.09. The van der Waals surface area contributed by atoms with Crippen LogP contribution >= 0.6 is 27.5 Å². The number of rotatable bonds is 4. The van der Waals surface area contributed by atoms with Gasteiger partial charge in [0.25, 0.3) is 5.91 Å². The Morgan fingerprint density at radius 2 is 2.19 bits per heavy atom. The molecular weight excluding hydrogens is 301 g/mol. The van der Waals surface area contributed by atoms with Crippen molar-refractivity contribution in [1.29, 1.82) is 0 Å². The van der Waals surface area contributed by atoms with Crippen LogP contribution in [0.1, 0.15) is 10.4 Å². The van der Waals surface area contributed by atoms with Crippen LogP contribution in [0.2, 0.25) is 5.02 Å². The van der Waals surface area contributed by atoms with Crippen LogP contribution < -0.4 is 5.48 Å². The van der Waals surface area contributed by atoms with Crippen molar-refractivity contribution in [3.8, 4) is 0 Å². The topological polar surface area (TPSA) is 75.6 Å². The summed E-state index contributed by atoms with van der Waals surface area (Å²) < 4.78 is 0.535. The number of aliphatic carboxylic acids is 1. The Morgan fingerprint density at radius 3 is 2.81 bits per heavy atom. The number of hydrogen-bond acceptors (Lipinski definition) is 3. The minimum atomic E-state index is -1.18. The number of hydrogen-bond donors (Lipinski definition) is 2. The van der Waals surface area contributed by atoms with Crippen LogP contribution in [0.5, 0.6) is 0 Å². The predicted octanol–water partition coefficient (Wildman–Crippen LogP) is 1.85. The number of amides is 1. The van der Waals surface area contributed by atoms with Gasteiger partial charge in [-0.15, -0.1) is 0 Å². The first-order valence-corrected chi connectivity index (χ1v) is 5.27.